The van der Waals surface area contributed by atoms with E-state index >= 15 is 0 Å². The van der Waals surface area contributed by atoms with Crippen LogP contribution in [0.15, 0.2) is 24.3 Å². The number of hydrogen-bond acceptors (Lipinski definition) is 3. The summed E-state index contributed by atoms with van der Waals surface area (Å²) < 4.78 is 0. The Balaban J connectivity index is 1.57. The van der Waals surface area contributed by atoms with E-state index in [0.717, 1.165) is 31.5 Å². The largest absolute Gasteiger partial charge is 0.377 e. The van der Waals surface area contributed by atoms with Gasteiger partial charge < -0.3 is 14.9 Å². The maximum atomic E-state index is 12.7. The number of aliphatic hydroxyl groups is 1. The van der Waals surface area contributed by atoms with Gasteiger partial charge in [-0.25, -0.2) is 0 Å². The molecular formula is C20H25ClN2O2. The quantitative estimate of drug-likeness (QED) is 0.782. The number of likely N-dealkylation sites (tertiary alicyclic amines) is 2. The summed E-state index contributed by atoms with van der Waals surface area (Å²) >= 11 is 5.96. The fraction of sp³-hybridized carbons (Fsp3) is 0.550. The standard InChI is InChI=1S/C20H25ClN2O2/c1-22-11-6-17(7-12-22)19(24)23-13-9-20(25,10-14-23)8-5-16-3-2-4-18(21)15-16/h2-4,15,17,25H,6-7,9-14H2,1H3. The number of rotatable bonds is 1. The van der Waals surface area contributed by atoms with E-state index in [1.807, 2.05) is 17.0 Å². The highest BCUT2D eigenvalue weighted by atomic mass is 35.5. The molecule has 0 bridgehead atoms. The van der Waals surface area contributed by atoms with Gasteiger partial charge in [-0.2, -0.15) is 0 Å². The lowest BCUT2D eigenvalue weighted by molar-refractivity contribution is -0.139. The summed E-state index contributed by atoms with van der Waals surface area (Å²) in [4.78, 5) is 16.8. The number of nitrogens with zero attached hydrogens (tertiary/aromatic N) is 2. The minimum Gasteiger partial charge on any atom is -0.377 e. The molecule has 25 heavy (non-hydrogen) atoms. The van der Waals surface area contributed by atoms with Crippen LogP contribution in [0, 0.1) is 17.8 Å². The molecule has 1 amide bonds. The van der Waals surface area contributed by atoms with Crippen molar-refractivity contribution in [2.45, 2.75) is 31.3 Å². The average molecular weight is 361 g/mol. The van der Waals surface area contributed by atoms with Crippen LogP contribution in [0.25, 0.3) is 0 Å². The summed E-state index contributed by atoms with van der Waals surface area (Å²) in [6.07, 6.45) is 2.87. The van der Waals surface area contributed by atoms with Crippen LogP contribution in [0.2, 0.25) is 5.02 Å². The first-order chi connectivity index (χ1) is 12.0. The molecule has 0 saturated carbocycles. The fourth-order valence-corrected chi connectivity index (χ4v) is 3.68. The van der Waals surface area contributed by atoms with Crippen LogP contribution in [0.4, 0.5) is 0 Å². The van der Waals surface area contributed by atoms with Crippen LogP contribution >= 0.6 is 11.6 Å². The van der Waals surface area contributed by atoms with E-state index in [9.17, 15) is 9.90 Å². The van der Waals surface area contributed by atoms with Gasteiger partial charge >= 0.3 is 0 Å². The number of benzene rings is 1. The molecule has 2 fully saturated rings. The van der Waals surface area contributed by atoms with Crippen LogP contribution in [-0.4, -0.2) is 59.6 Å². The van der Waals surface area contributed by atoms with E-state index < -0.39 is 5.60 Å². The summed E-state index contributed by atoms with van der Waals surface area (Å²) in [5.41, 5.74) is -0.225. The summed E-state index contributed by atoms with van der Waals surface area (Å²) in [5.74, 6) is 6.39. The predicted molar refractivity (Wildman–Crippen MR) is 99.3 cm³/mol. The third kappa shape index (κ3) is 4.76. The van der Waals surface area contributed by atoms with Crippen LogP contribution in [0.5, 0.6) is 0 Å². The van der Waals surface area contributed by atoms with Gasteiger partial charge in [0.1, 0.15) is 5.60 Å². The van der Waals surface area contributed by atoms with Gasteiger partial charge in [-0.05, 0) is 51.2 Å². The molecule has 2 aliphatic rings. The molecule has 2 aliphatic heterocycles. The molecule has 3 rings (SSSR count). The van der Waals surface area contributed by atoms with Crippen LogP contribution in [-0.2, 0) is 4.79 Å². The number of halogens is 1. The highest BCUT2D eigenvalue weighted by molar-refractivity contribution is 6.30. The number of amides is 1. The molecule has 0 atom stereocenters. The molecule has 1 aromatic carbocycles. The Morgan fingerprint density at radius 1 is 1.24 bits per heavy atom. The first kappa shape index (κ1) is 18.3. The van der Waals surface area contributed by atoms with Gasteiger partial charge in [0.2, 0.25) is 5.91 Å². The molecule has 2 saturated heterocycles. The van der Waals surface area contributed by atoms with Crippen molar-refractivity contribution < 1.29 is 9.90 Å². The van der Waals surface area contributed by atoms with E-state index in [2.05, 4.69) is 23.8 Å². The summed E-state index contributed by atoms with van der Waals surface area (Å²) in [7, 11) is 2.10. The lowest BCUT2D eigenvalue weighted by Gasteiger charge is -2.38. The van der Waals surface area contributed by atoms with Crippen molar-refractivity contribution in [1.29, 1.82) is 0 Å². The van der Waals surface area contributed by atoms with E-state index in [0.29, 0.717) is 31.0 Å². The van der Waals surface area contributed by atoms with Crippen LogP contribution < -0.4 is 0 Å². The van der Waals surface area contributed by atoms with Gasteiger partial charge in [0, 0.05) is 42.4 Å². The lowest BCUT2D eigenvalue weighted by Crippen LogP contribution is -2.49. The highest BCUT2D eigenvalue weighted by Crippen LogP contribution is 2.25. The first-order valence-corrected chi connectivity index (χ1v) is 9.31. The summed E-state index contributed by atoms with van der Waals surface area (Å²) in [5, 5.41) is 11.3. The zero-order chi connectivity index (χ0) is 17.9. The third-order valence-corrected chi connectivity index (χ3v) is 5.47. The Hall–Kier alpha value is -1.54. The second-order valence-corrected chi connectivity index (χ2v) is 7.63. The second kappa shape index (κ2) is 7.78. The topological polar surface area (TPSA) is 43.8 Å². The molecular weight excluding hydrogens is 336 g/mol. The summed E-state index contributed by atoms with van der Waals surface area (Å²) in [6, 6.07) is 7.31. The molecule has 0 unspecified atom stereocenters. The second-order valence-electron chi connectivity index (χ2n) is 7.19. The minimum absolute atomic E-state index is 0.139. The van der Waals surface area contributed by atoms with Crippen molar-refractivity contribution >= 4 is 17.5 Å². The first-order valence-electron chi connectivity index (χ1n) is 8.94. The SMILES string of the molecule is CN1CCC(C(=O)N2CCC(O)(C#Cc3cccc(Cl)c3)CC2)CC1. The normalized spacial score (nSPS) is 21.5. The molecule has 1 aromatic rings. The molecule has 1 N–H and O–H groups in total. The van der Waals surface area contributed by atoms with Crippen molar-refractivity contribution in [1.82, 2.24) is 9.80 Å². The van der Waals surface area contributed by atoms with Crippen molar-refractivity contribution in [3.8, 4) is 11.8 Å². The van der Waals surface area contributed by atoms with Gasteiger partial charge in [-0.1, -0.05) is 29.5 Å². The van der Waals surface area contributed by atoms with Crippen molar-refractivity contribution in [3.63, 3.8) is 0 Å². The molecule has 2 heterocycles. The highest BCUT2D eigenvalue weighted by Gasteiger charge is 2.35. The van der Waals surface area contributed by atoms with Gasteiger partial charge in [0.05, 0.1) is 0 Å². The number of carbonyl (C=O) groups excluding carboxylic acids is 1. The zero-order valence-electron chi connectivity index (χ0n) is 14.7. The van der Waals surface area contributed by atoms with Gasteiger partial charge in [0.15, 0.2) is 0 Å². The third-order valence-electron chi connectivity index (χ3n) is 5.23. The minimum atomic E-state index is -1.02. The van der Waals surface area contributed by atoms with E-state index in [4.69, 9.17) is 11.6 Å². The van der Waals surface area contributed by atoms with E-state index in [1.165, 1.54) is 0 Å². The predicted octanol–water partition coefficient (Wildman–Crippen LogP) is 2.39. The van der Waals surface area contributed by atoms with Crippen molar-refractivity contribution in [3.05, 3.63) is 34.9 Å². The maximum absolute atomic E-state index is 12.7. The molecule has 0 spiro atoms. The molecule has 0 aromatic heterocycles. The Kier molecular flexibility index (Phi) is 5.68. The van der Waals surface area contributed by atoms with E-state index in [1.54, 1.807) is 12.1 Å². The Morgan fingerprint density at radius 2 is 1.92 bits per heavy atom. The van der Waals surface area contributed by atoms with Gasteiger partial charge in [-0.3, -0.25) is 4.79 Å². The van der Waals surface area contributed by atoms with E-state index in [-0.39, 0.29) is 11.8 Å². The number of piperidine rings is 2. The van der Waals surface area contributed by atoms with Crippen molar-refractivity contribution in [2.24, 2.45) is 5.92 Å². The smallest absolute Gasteiger partial charge is 0.225 e. The summed E-state index contributed by atoms with van der Waals surface area (Å²) in [6.45, 7) is 3.12. The lowest BCUT2D eigenvalue weighted by atomic mass is 9.89. The molecule has 5 heteroatoms. The molecule has 0 aliphatic carbocycles. The zero-order valence-corrected chi connectivity index (χ0v) is 15.4. The Morgan fingerprint density at radius 3 is 2.56 bits per heavy atom. The number of hydrogen-bond donors (Lipinski definition) is 1. The number of carbonyl (C=O) groups is 1. The van der Waals surface area contributed by atoms with Gasteiger partial charge in [0.25, 0.3) is 0 Å². The van der Waals surface area contributed by atoms with Crippen LogP contribution in [0.1, 0.15) is 31.2 Å². The van der Waals surface area contributed by atoms with Crippen molar-refractivity contribution in [2.75, 3.05) is 33.2 Å². The molecule has 4 nitrogen and oxygen atoms in total. The average Bonchev–Trinajstić information content (AvgIpc) is 2.61. The Bertz CT molecular complexity index is 678. The Labute approximate surface area is 154 Å². The maximum Gasteiger partial charge on any atom is 0.225 e. The molecule has 0 radical (unpaired) electrons. The van der Waals surface area contributed by atoms with Crippen LogP contribution in [0.3, 0.4) is 0 Å². The molecule has 134 valence electrons. The fourth-order valence-electron chi connectivity index (χ4n) is 3.49. The monoisotopic (exact) mass is 360 g/mol. The van der Waals surface area contributed by atoms with Gasteiger partial charge in [-0.15, -0.1) is 0 Å².